The summed E-state index contributed by atoms with van der Waals surface area (Å²) in [7, 11) is 0. The Morgan fingerprint density at radius 2 is 1.89 bits per heavy atom. The molecular formula is C15H14ClF2N. The summed E-state index contributed by atoms with van der Waals surface area (Å²) in [6.07, 6.45) is 0.230. The molecule has 0 heterocycles. The van der Waals surface area contributed by atoms with E-state index in [0.717, 1.165) is 0 Å². The van der Waals surface area contributed by atoms with Gasteiger partial charge in [-0.3, -0.25) is 0 Å². The third-order valence-electron chi connectivity index (χ3n) is 3.11. The van der Waals surface area contributed by atoms with E-state index in [1.165, 1.54) is 18.2 Å². The highest BCUT2D eigenvalue weighted by atomic mass is 35.5. The first-order valence-electron chi connectivity index (χ1n) is 5.93. The topological polar surface area (TPSA) is 26.0 Å². The minimum atomic E-state index is -0.496. The smallest absolute Gasteiger partial charge is 0.127 e. The first-order chi connectivity index (χ1) is 8.99. The van der Waals surface area contributed by atoms with E-state index in [4.69, 9.17) is 17.3 Å². The summed E-state index contributed by atoms with van der Waals surface area (Å²) in [5.41, 5.74) is 7.53. The van der Waals surface area contributed by atoms with Crippen LogP contribution in [0.25, 0.3) is 0 Å². The van der Waals surface area contributed by atoms with Crippen LogP contribution < -0.4 is 5.73 Å². The fraction of sp³-hybridized carbons (Fsp3) is 0.200. The predicted octanol–water partition coefficient (Wildman–Crippen LogP) is 4.17. The van der Waals surface area contributed by atoms with Crippen LogP contribution in [0.5, 0.6) is 0 Å². The van der Waals surface area contributed by atoms with Crippen LogP contribution in [0.15, 0.2) is 36.4 Å². The highest BCUT2D eigenvalue weighted by Gasteiger charge is 2.14. The van der Waals surface area contributed by atoms with E-state index in [1.54, 1.807) is 25.1 Å². The standard InChI is InChI=1S/C15H14ClF2N/c1-9-5-6-10(7-14(9)18)15(19)8-11-12(16)3-2-4-13(11)17/h2-7,15H,8,19H2,1H3. The molecule has 0 aliphatic heterocycles. The average molecular weight is 282 g/mol. The Hall–Kier alpha value is -1.45. The molecule has 0 amide bonds. The molecule has 0 spiro atoms. The van der Waals surface area contributed by atoms with Gasteiger partial charge in [-0.15, -0.1) is 0 Å². The van der Waals surface area contributed by atoms with E-state index in [1.807, 2.05) is 0 Å². The summed E-state index contributed by atoms with van der Waals surface area (Å²) < 4.78 is 27.1. The lowest BCUT2D eigenvalue weighted by atomic mass is 9.98. The maximum atomic E-state index is 13.7. The predicted molar refractivity (Wildman–Crippen MR) is 73.2 cm³/mol. The van der Waals surface area contributed by atoms with Crippen molar-refractivity contribution in [3.05, 3.63) is 69.7 Å². The largest absolute Gasteiger partial charge is 0.324 e. The Balaban J connectivity index is 2.25. The van der Waals surface area contributed by atoms with Gasteiger partial charge in [-0.1, -0.05) is 29.8 Å². The van der Waals surface area contributed by atoms with Gasteiger partial charge in [0, 0.05) is 16.6 Å². The van der Waals surface area contributed by atoms with Gasteiger partial charge in [0.25, 0.3) is 0 Å². The van der Waals surface area contributed by atoms with E-state index in [2.05, 4.69) is 0 Å². The second-order valence-corrected chi connectivity index (χ2v) is 4.93. The Morgan fingerprint density at radius 1 is 1.16 bits per heavy atom. The van der Waals surface area contributed by atoms with Gasteiger partial charge in [0.2, 0.25) is 0 Å². The lowest BCUT2D eigenvalue weighted by Gasteiger charge is -2.14. The summed E-state index contributed by atoms with van der Waals surface area (Å²) in [6, 6.07) is 8.79. The Morgan fingerprint density at radius 3 is 2.53 bits per heavy atom. The van der Waals surface area contributed by atoms with E-state index >= 15 is 0 Å². The zero-order chi connectivity index (χ0) is 14.0. The summed E-state index contributed by atoms with van der Waals surface area (Å²) in [6.45, 7) is 1.68. The van der Waals surface area contributed by atoms with Gasteiger partial charge in [-0.05, 0) is 42.7 Å². The second kappa shape index (κ2) is 5.68. The molecule has 19 heavy (non-hydrogen) atoms. The fourth-order valence-electron chi connectivity index (χ4n) is 1.90. The highest BCUT2D eigenvalue weighted by molar-refractivity contribution is 6.31. The van der Waals surface area contributed by atoms with Gasteiger partial charge in [0.1, 0.15) is 11.6 Å². The van der Waals surface area contributed by atoms with E-state index in [-0.39, 0.29) is 12.2 Å². The molecule has 100 valence electrons. The van der Waals surface area contributed by atoms with Crippen LogP contribution in [0.3, 0.4) is 0 Å². The van der Waals surface area contributed by atoms with Crippen LogP contribution in [0, 0.1) is 18.6 Å². The van der Waals surface area contributed by atoms with Gasteiger partial charge in [-0.2, -0.15) is 0 Å². The molecule has 2 N–H and O–H groups in total. The van der Waals surface area contributed by atoms with Gasteiger partial charge < -0.3 is 5.73 Å². The summed E-state index contributed by atoms with van der Waals surface area (Å²) in [4.78, 5) is 0. The molecule has 0 radical (unpaired) electrons. The van der Waals surface area contributed by atoms with Crippen LogP contribution in [0.2, 0.25) is 5.02 Å². The van der Waals surface area contributed by atoms with Crippen LogP contribution in [-0.4, -0.2) is 0 Å². The Bertz CT molecular complexity index is 578. The molecule has 0 bridgehead atoms. The quantitative estimate of drug-likeness (QED) is 0.898. The van der Waals surface area contributed by atoms with Gasteiger partial charge in [-0.25, -0.2) is 8.78 Å². The molecule has 0 saturated heterocycles. The summed E-state index contributed by atoms with van der Waals surface area (Å²) in [5.74, 6) is -0.705. The lowest BCUT2D eigenvalue weighted by Crippen LogP contribution is -2.15. The van der Waals surface area contributed by atoms with Crippen molar-refractivity contribution in [1.29, 1.82) is 0 Å². The molecule has 2 aromatic rings. The van der Waals surface area contributed by atoms with Gasteiger partial charge >= 0.3 is 0 Å². The summed E-state index contributed by atoms with van der Waals surface area (Å²) in [5, 5.41) is 0.336. The number of rotatable bonds is 3. The second-order valence-electron chi connectivity index (χ2n) is 4.52. The number of nitrogens with two attached hydrogens (primary N) is 1. The molecule has 0 saturated carbocycles. The minimum absolute atomic E-state index is 0.230. The number of halogens is 3. The van der Waals surface area contributed by atoms with E-state index < -0.39 is 11.9 Å². The van der Waals surface area contributed by atoms with Crippen LogP contribution in [0.4, 0.5) is 8.78 Å². The molecule has 1 nitrogen and oxygen atoms in total. The van der Waals surface area contributed by atoms with Crippen LogP contribution in [-0.2, 0) is 6.42 Å². The third-order valence-corrected chi connectivity index (χ3v) is 3.46. The van der Waals surface area contributed by atoms with Crippen molar-refractivity contribution in [2.45, 2.75) is 19.4 Å². The molecule has 0 fully saturated rings. The summed E-state index contributed by atoms with van der Waals surface area (Å²) >= 11 is 5.95. The Labute approximate surface area is 116 Å². The molecule has 0 aromatic heterocycles. The average Bonchev–Trinajstić information content (AvgIpc) is 2.37. The maximum Gasteiger partial charge on any atom is 0.127 e. The molecule has 4 heteroatoms. The molecular weight excluding hydrogens is 268 g/mol. The first kappa shape index (κ1) is 14.0. The van der Waals surface area contributed by atoms with Crippen molar-refractivity contribution in [1.82, 2.24) is 0 Å². The molecule has 0 aliphatic rings. The van der Waals surface area contributed by atoms with Crippen molar-refractivity contribution >= 4 is 11.6 Å². The fourth-order valence-corrected chi connectivity index (χ4v) is 2.15. The SMILES string of the molecule is Cc1ccc(C(N)Cc2c(F)cccc2Cl)cc1F. The van der Waals surface area contributed by atoms with Crippen molar-refractivity contribution in [3.8, 4) is 0 Å². The number of hydrogen-bond donors (Lipinski definition) is 1. The monoisotopic (exact) mass is 281 g/mol. The Kier molecular flexibility index (Phi) is 4.17. The van der Waals surface area contributed by atoms with E-state index in [9.17, 15) is 8.78 Å². The molecule has 1 unspecified atom stereocenters. The zero-order valence-corrected chi connectivity index (χ0v) is 11.2. The van der Waals surface area contributed by atoms with Crippen molar-refractivity contribution < 1.29 is 8.78 Å². The lowest BCUT2D eigenvalue weighted by molar-refractivity contribution is 0.588. The van der Waals surface area contributed by atoms with Crippen molar-refractivity contribution in [3.63, 3.8) is 0 Å². The van der Waals surface area contributed by atoms with Crippen LogP contribution >= 0.6 is 11.6 Å². The molecule has 2 aromatic carbocycles. The zero-order valence-electron chi connectivity index (χ0n) is 10.5. The number of benzene rings is 2. The normalized spacial score (nSPS) is 12.5. The van der Waals surface area contributed by atoms with Gasteiger partial charge in [0.15, 0.2) is 0 Å². The number of aryl methyl sites for hydroxylation is 1. The van der Waals surface area contributed by atoms with E-state index in [0.29, 0.717) is 21.7 Å². The van der Waals surface area contributed by atoms with Gasteiger partial charge in [0.05, 0.1) is 0 Å². The minimum Gasteiger partial charge on any atom is -0.324 e. The molecule has 0 aliphatic carbocycles. The van der Waals surface area contributed by atoms with Crippen molar-refractivity contribution in [2.75, 3.05) is 0 Å². The number of hydrogen-bond acceptors (Lipinski definition) is 1. The van der Waals surface area contributed by atoms with Crippen molar-refractivity contribution in [2.24, 2.45) is 5.73 Å². The highest BCUT2D eigenvalue weighted by Crippen LogP contribution is 2.25. The van der Waals surface area contributed by atoms with Crippen LogP contribution in [0.1, 0.15) is 22.7 Å². The molecule has 2 rings (SSSR count). The maximum absolute atomic E-state index is 13.7. The third kappa shape index (κ3) is 3.11. The first-order valence-corrected chi connectivity index (χ1v) is 6.31. The molecule has 1 atom stereocenters.